The number of alkyl halides is 3. The molecular weight excluding hydrogens is 197 g/mol. The van der Waals surface area contributed by atoms with Crippen molar-refractivity contribution < 1.29 is 47.9 Å². The van der Waals surface area contributed by atoms with Gasteiger partial charge in [-0.05, 0) is 0 Å². The first kappa shape index (κ1) is 12.1. The fourth-order valence-corrected chi connectivity index (χ4v) is 0. The van der Waals surface area contributed by atoms with E-state index in [1.165, 1.54) is 0 Å². The number of hydrogen-bond acceptors (Lipinski definition) is 2. The van der Waals surface area contributed by atoms with E-state index in [2.05, 4.69) is 0 Å². The second kappa shape index (κ2) is 3.00. The summed E-state index contributed by atoms with van der Waals surface area (Å²) in [7, 11) is -5.84. The number of rotatable bonds is 0. The molecule has 54 valence electrons. The molecule has 0 fully saturated rings. The quantitative estimate of drug-likeness (QED) is 0.348. The summed E-state index contributed by atoms with van der Waals surface area (Å²) in [6, 6.07) is 0. The summed E-state index contributed by atoms with van der Waals surface area (Å²) in [6.45, 7) is 0. The molecule has 0 aliphatic heterocycles. The first-order valence-electron chi connectivity index (χ1n) is 1.29. The molecule has 0 heterocycles. The molecule has 0 amide bonds. The van der Waals surface area contributed by atoms with Crippen LogP contribution in [-0.2, 0) is 31.8 Å². The first-order valence-corrected chi connectivity index (χ1v) is 2.73. The molecule has 0 rings (SSSR count). The Labute approximate surface area is 63.9 Å². The van der Waals surface area contributed by atoms with Crippen molar-refractivity contribution >= 4 is 10.1 Å². The smallest absolute Gasteiger partial charge is 0.279 e. The molecule has 0 aromatic rings. The van der Waals surface area contributed by atoms with Crippen molar-refractivity contribution in [1.29, 1.82) is 0 Å². The van der Waals surface area contributed by atoms with Gasteiger partial charge in [-0.1, -0.05) is 0 Å². The van der Waals surface area contributed by atoms with Crippen molar-refractivity contribution in [1.82, 2.24) is 0 Å². The van der Waals surface area contributed by atoms with Gasteiger partial charge in [0.25, 0.3) is 0 Å². The van der Waals surface area contributed by atoms with Crippen LogP contribution >= 0.6 is 0 Å². The molecular formula is CHF3O3STi. The Balaban J connectivity index is 0. The van der Waals surface area contributed by atoms with Gasteiger partial charge in [-0.25, -0.2) is 0 Å². The van der Waals surface area contributed by atoms with E-state index in [-0.39, 0.29) is 21.7 Å². The molecule has 0 unspecified atom stereocenters. The van der Waals surface area contributed by atoms with Crippen LogP contribution in [0.5, 0.6) is 0 Å². The average molecular weight is 198 g/mol. The Bertz CT molecular complexity index is 168. The molecule has 0 aromatic carbocycles. The molecule has 9 heavy (non-hydrogen) atoms. The van der Waals surface area contributed by atoms with E-state index in [9.17, 15) is 13.2 Å². The van der Waals surface area contributed by atoms with Crippen molar-refractivity contribution in [2.24, 2.45) is 0 Å². The second-order valence-corrected chi connectivity index (χ2v) is 2.33. The summed E-state index contributed by atoms with van der Waals surface area (Å²) in [6.07, 6.45) is 0. The van der Waals surface area contributed by atoms with Crippen LogP contribution in [0.25, 0.3) is 0 Å². The molecule has 0 aliphatic rings. The summed E-state index contributed by atoms with van der Waals surface area (Å²) < 4.78 is 57.5. The van der Waals surface area contributed by atoms with Crippen molar-refractivity contribution in [3.63, 3.8) is 0 Å². The van der Waals surface area contributed by atoms with Gasteiger partial charge in [0.05, 0.1) is 0 Å². The minimum absolute atomic E-state index is 0. The predicted octanol–water partition coefficient (Wildman–Crippen LogP) is 0.392. The molecule has 8 heteroatoms. The molecule has 0 bridgehead atoms. The molecule has 0 radical (unpaired) electrons. The fraction of sp³-hybridized carbons (Fsp3) is 1.00. The van der Waals surface area contributed by atoms with Crippen molar-refractivity contribution in [3.8, 4) is 0 Å². The Morgan fingerprint density at radius 3 is 1.33 bits per heavy atom. The van der Waals surface area contributed by atoms with Crippen LogP contribution < -0.4 is 0 Å². The topological polar surface area (TPSA) is 54.4 Å². The van der Waals surface area contributed by atoms with Crippen LogP contribution in [0.4, 0.5) is 13.2 Å². The Morgan fingerprint density at radius 1 is 1.22 bits per heavy atom. The third kappa shape index (κ3) is 3.91. The van der Waals surface area contributed by atoms with Gasteiger partial charge in [-0.2, -0.15) is 21.6 Å². The van der Waals surface area contributed by atoms with Crippen LogP contribution in [0.15, 0.2) is 0 Å². The summed E-state index contributed by atoms with van der Waals surface area (Å²) in [5.74, 6) is 0. The van der Waals surface area contributed by atoms with Crippen molar-refractivity contribution in [2.45, 2.75) is 5.51 Å². The van der Waals surface area contributed by atoms with E-state index in [4.69, 9.17) is 13.0 Å². The minimum Gasteiger partial charge on any atom is -0.279 e. The first-order chi connectivity index (χ1) is 3.25. The van der Waals surface area contributed by atoms with Gasteiger partial charge < -0.3 is 0 Å². The fourth-order valence-electron chi connectivity index (χ4n) is 0. The van der Waals surface area contributed by atoms with Crippen LogP contribution in [0.1, 0.15) is 0 Å². The average Bonchev–Trinajstić information content (AvgIpc) is 1.25. The van der Waals surface area contributed by atoms with E-state index in [0.29, 0.717) is 0 Å². The molecule has 0 saturated heterocycles. The SMILES string of the molecule is O=S(=O)(O)C(F)(F)F.[Ti]. The maximum Gasteiger partial charge on any atom is 0.522 e. The van der Waals surface area contributed by atoms with E-state index < -0.39 is 15.6 Å². The third-order valence-electron chi connectivity index (χ3n) is 0.292. The Kier molecular flexibility index (Phi) is 4.04. The summed E-state index contributed by atoms with van der Waals surface area (Å²) in [4.78, 5) is 0. The molecule has 1 N–H and O–H groups in total. The van der Waals surface area contributed by atoms with E-state index in [0.717, 1.165) is 0 Å². The minimum atomic E-state index is -5.84. The van der Waals surface area contributed by atoms with Gasteiger partial charge >= 0.3 is 15.6 Å². The van der Waals surface area contributed by atoms with E-state index in [1.807, 2.05) is 0 Å². The molecule has 0 spiro atoms. The zero-order chi connectivity index (χ0) is 7.00. The maximum atomic E-state index is 10.7. The zero-order valence-electron chi connectivity index (χ0n) is 3.81. The van der Waals surface area contributed by atoms with Crippen LogP contribution in [0.2, 0.25) is 0 Å². The number of halogens is 3. The molecule has 0 aromatic heterocycles. The standard InChI is InChI=1S/CHF3O3S.Ti/c2-1(3,4)8(5,6)7;/h(H,5,6,7);. The maximum absolute atomic E-state index is 10.7. The van der Waals surface area contributed by atoms with Gasteiger partial charge in [0.1, 0.15) is 0 Å². The molecule has 0 aliphatic carbocycles. The van der Waals surface area contributed by atoms with E-state index in [1.54, 1.807) is 0 Å². The zero-order valence-corrected chi connectivity index (χ0v) is 6.18. The summed E-state index contributed by atoms with van der Waals surface area (Å²) in [5, 5.41) is 0. The molecule has 0 atom stereocenters. The Morgan fingerprint density at radius 2 is 1.33 bits per heavy atom. The normalized spacial score (nSPS) is 12.4. The van der Waals surface area contributed by atoms with Crippen LogP contribution in [-0.4, -0.2) is 18.5 Å². The van der Waals surface area contributed by atoms with Crippen LogP contribution in [0, 0.1) is 0 Å². The van der Waals surface area contributed by atoms with Gasteiger partial charge in [-0.15, -0.1) is 0 Å². The van der Waals surface area contributed by atoms with Gasteiger partial charge in [0.15, 0.2) is 0 Å². The molecule has 0 saturated carbocycles. The number of hydrogen-bond donors (Lipinski definition) is 1. The summed E-state index contributed by atoms with van der Waals surface area (Å²) in [5.41, 5.74) is -5.53. The van der Waals surface area contributed by atoms with Crippen molar-refractivity contribution in [3.05, 3.63) is 0 Å². The van der Waals surface area contributed by atoms with Gasteiger partial charge in [0.2, 0.25) is 0 Å². The van der Waals surface area contributed by atoms with Crippen molar-refractivity contribution in [2.75, 3.05) is 0 Å². The van der Waals surface area contributed by atoms with Crippen LogP contribution in [0.3, 0.4) is 0 Å². The van der Waals surface area contributed by atoms with E-state index >= 15 is 0 Å². The Hall–Kier alpha value is 0.414. The molecule has 3 nitrogen and oxygen atoms in total. The largest absolute Gasteiger partial charge is 0.522 e. The summed E-state index contributed by atoms with van der Waals surface area (Å²) >= 11 is 0. The third-order valence-corrected chi connectivity index (χ3v) is 0.877. The van der Waals surface area contributed by atoms with Gasteiger partial charge in [0, 0.05) is 21.7 Å². The monoisotopic (exact) mass is 198 g/mol. The van der Waals surface area contributed by atoms with Gasteiger partial charge in [-0.3, -0.25) is 4.55 Å². The second-order valence-electron chi connectivity index (χ2n) is 0.921. The predicted molar refractivity (Wildman–Crippen MR) is 17.6 cm³/mol.